The van der Waals surface area contributed by atoms with Gasteiger partial charge in [-0.05, 0) is 55.8 Å². The van der Waals surface area contributed by atoms with E-state index in [1.165, 1.54) is 43.1 Å². The molecule has 0 amide bonds. The van der Waals surface area contributed by atoms with Crippen molar-refractivity contribution in [3.8, 4) is 5.75 Å². The van der Waals surface area contributed by atoms with E-state index >= 15 is 0 Å². The number of hydrogen-bond donors (Lipinski definition) is 3. The lowest BCUT2D eigenvalue weighted by Gasteiger charge is -2.31. The SMILES string of the molecule is COc1c(Nc2cc(C)[nH]n2)nc(Sc2ccc(S(=O)(=O)Cc3cccc([N+](=O)[O-])c3F)cc2)nc1N1CCC(O)CC1. The predicted octanol–water partition coefficient (Wildman–Crippen LogP) is 4.39. The van der Waals surface area contributed by atoms with Crippen LogP contribution in [0.2, 0.25) is 0 Å². The van der Waals surface area contributed by atoms with Gasteiger partial charge in [-0.15, -0.1) is 0 Å². The Balaban J connectivity index is 1.42. The molecule has 3 N–H and O–H groups in total. The molecule has 0 radical (unpaired) electrons. The van der Waals surface area contributed by atoms with Crippen molar-refractivity contribution in [2.24, 2.45) is 0 Å². The molecule has 226 valence electrons. The van der Waals surface area contributed by atoms with Gasteiger partial charge in [0.15, 0.2) is 32.4 Å². The quantitative estimate of drug-likeness (QED) is 0.128. The first-order valence-electron chi connectivity index (χ1n) is 13.1. The van der Waals surface area contributed by atoms with Gasteiger partial charge in [0.05, 0.1) is 28.8 Å². The largest absolute Gasteiger partial charge is 0.490 e. The molecule has 2 aromatic carbocycles. The Morgan fingerprint density at radius 2 is 1.93 bits per heavy atom. The number of nitro groups is 1. The van der Waals surface area contributed by atoms with Crippen LogP contribution >= 0.6 is 11.8 Å². The number of benzene rings is 2. The number of aryl methyl sites for hydroxylation is 1. The Bertz CT molecular complexity index is 1740. The first kappa shape index (κ1) is 30.2. The molecule has 13 nitrogen and oxygen atoms in total. The van der Waals surface area contributed by atoms with Gasteiger partial charge >= 0.3 is 5.69 Å². The van der Waals surface area contributed by atoms with E-state index in [2.05, 4.69) is 20.5 Å². The van der Waals surface area contributed by atoms with Crippen molar-refractivity contribution >= 4 is 44.7 Å². The van der Waals surface area contributed by atoms with Crippen molar-refractivity contribution in [2.45, 2.75) is 46.6 Å². The molecule has 4 aromatic rings. The van der Waals surface area contributed by atoms with Crippen LogP contribution in [0.15, 0.2) is 63.5 Å². The number of H-pyrrole nitrogens is 1. The summed E-state index contributed by atoms with van der Waals surface area (Å²) in [6, 6.07) is 11.2. The van der Waals surface area contributed by atoms with E-state index in [9.17, 15) is 28.0 Å². The Hall–Kier alpha value is -4.28. The number of sulfone groups is 1. The predicted molar refractivity (Wildman–Crippen MR) is 157 cm³/mol. The summed E-state index contributed by atoms with van der Waals surface area (Å²) >= 11 is 1.19. The van der Waals surface area contributed by atoms with Crippen LogP contribution in [-0.2, 0) is 15.6 Å². The number of methoxy groups -OCH3 is 1. The Morgan fingerprint density at radius 1 is 1.21 bits per heavy atom. The molecule has 5 rings (SSSR count). The summed E-state index contributed by atoms with van der Waals surface area (Å²) in [4.78, 5) is 22.1. The topological polar surface area (TPSA) is 176 Å². The van der Waals surface area contributed by atoms with Crippen molar-refractivity contribution in [1.82, 2.24) is 20.2 Å². The molecule has 1 aliphatic heterocycles. The Labute approximate surface area is 250 Å². The first-order valence-corrected chi connectivity index (χ1v) is 15.6. The molecule has 43 heavy (non-hydrogen) atoms. The van der Waals surface area contributed by atoms with Gasteiger partial charge < -0.3 is 20.1 Å². The molecule has 1 saturated heterocycles. The number of halogens is 1. The number of aliphatic hydroxyl groups excluding tert-OH is 1. The zero-order valence-electron chi connectivity index (χ0n) is 23.2. The standard InChI is InChI=1S/C27H28FN7O6S2/c1-16-14-22(33-32-16)29-25-24(41-2)26(34-12-10-18(36)11-13-34)31-27(30-25)42-19-6-8-20(9-7-19)43(39,40)15-17-4-3-5-21(23(17)28)35(37)38/h3-9,14,18,36H,10-13,15H2,1-2H3,(H2,29,30,31,32,33). The van der Waals surface area contributed by atoms with Crippen LogP contribution in [0.25, 0.3) is 0 Å². The average molecular weight is 630 g/mol. The Kier molecular flexibility index (Phi) is 8.79. The number of rotatable bonds is 10. The number of nitrogens with zero attached hydrogens (tertiary/aromatic N) is 5. The fourth-order valence-corrected chi connectivity index (χ4v) is 6.66. The number of aromatic amines is 1. The number of nitrogens with one attached hydrogen (secondary N) is 2. The molecular formula is C27H28FN7O6S2. The van der Waals surface area contributed by atoms with Crippen LogP contribution in [-0.4, -0.2) is 64.9 Å². The molecule has 1 aliphatic rings. The number of piperidine rings is 1. The third-order valence-electron chi connectivity index (χ3n) is 6.74. The second-order valence-corrected chi connectivity index (χ2v) is 12.9. The van der Waals surface area contributed by atoms with Crippen molar-refractivity contribution in [3.05, 3.63) is 75.7 Å². The molecule has 0 spiro atoms. The highest BCUT2D eigenvalue weighted by Gasteiger charge is 2.26. The summed E-state index contributed by atoms with van der Waals surface area (Å²) < 4.78 is 46.3. The molecule has 1 fully saturated rings. The molecule has 0 bridgehead atoms. The van der Waals surface area contributed by atoms with Gasteiger partial charge in [0.2, 0.25) is 11.6 Å². The summed E-state index contributed by atoms with van der Waals surface area (Å²) in [5.74, 6) is -0.0418. The summed E-state index contributed by atoms with van der Waals surface area (Å²) in [6.07, 6.45) is 0.770. The summed E-state index contributed by atoms with van der Waals surface area (Å²) in [6.45, 7) is 3.00. The second-order valence-electron chi connectivity index (χ2n) is 9.83. The summed E-state index contributed by atoms with van der Waals surface area (Å²) in [7, 11) is -2.49. The van der Waals surface area contributed by atoms with Gasteiger partial charge in [0.25, 0.3) is 0 Å². The van der Waals surface area contributed by atoms with Gasteiger partial charge in [-0.1, -0.05) is 12.1 Å². The van der Waals surface area contributed by atoms with E-state index in [-0.39, 0.29) is 16.6 Å². The molecular weight excluding hydrogens is 601 g/mol. The van der Waals surface area contributed by atoms with Crippen LogP contribution in [0.5, 0.6) is 5.75 Å². The van der Waals surface area contributed by atoms with E-state index in [4.69, 9.17) is 9.72 Å². The van der Waals surface area contributed by atoms with Crippen molar-refractivity contribution in [1.29, 1.82) is 0 Å². The zero-order chi connectivity index (χ0) is 30.7. The minimum atomic E-state index is -4.01. The van der Waals surface area contributed by atoms with Crippen LogP contribution in [0.3, 0.4) is 0 Å². The fourth-order valence-electron chi connectivity index (χ4n) is 4.56. The smallest absolute Gasteiger partial charge is 0.305 e. The Morgan fingerprint density at radius 3 is 2.56 bits per heavy atom. The lowest BCUT2D eigenvalue weighted by molar-refractivity contribution is -0.387. The molecule has 0 atom stereocenters. The molecule has 2 aromatic heterocycles. The van der Waals surface area contributed by atoms with Gasteiger partial charge in [-0.2, -0.15) is 9.49 Å². The number of anilines is 3. The molecule has 0 unspecified atom stereocenters. The van der Waals surface area contributed by atoms with E-state index in [1.54, 1.807) is 12.1 Å². The van der Waals surface area contributed by atoms with Gasteiger partial charge in [0.1, 0.15) is 0 Å². The van der Waals surface area contributed by atoms with Crippen molar-refractivity contribution in [2.75, 3.05) is 30.4 Å². The number of hydrogen-bond acceptors (Lipinski definition) is 12. The van der Waals surface area contributed by atoms with Crippen LogP contribution in [0.4, 0.5) is 27.5 Å². The fraction of sp³-hybridized carbons (Fsp3) is 0.296. The normalized spacial score (nSPS) is 14.1. The van der Waals surface area contributed by atoms with Gasteiger partial charge in [-0.25, -0.2) is 18.4 Å². The minimum Gasteiger partial charge on any atom is -0.490 e. The highest BCUT2D eigenvalue weighted by Crippen LogP contribution is 2.39. The lowest BCUT2D eigenvalue weighted by atomic mass is 10.1. The highest BCUT2D eigenvalue weighted by molar-refractivity contribution is 7.99. The van der Waals surface area contributed by atoms with Crippen LogP contribution < -0.4 is 15.0 Å². The number of aliphatic hydroxyl groups is 1. The molecule has 16 heteroatoms. The maximum atomic E-state index is 14.5. The average Bonchev–Trinajstić information content (AvgIpc) is 3.38. The first-order chi connectivity index (χ1) is 20.5. The lowest BCUT2D eigenvalue weighted by Crippen LogP contribution is -2.36. The monoisotopic (exact) mass is 629 g/mol. The summed E-state index contributed by atoms with van der Waals surface area (Å²) in [5.41, 5.74) is -0.224. The van der Waals surface area contributed by atoms with Crippen LogP contribution in [0, 0.1) is 22.9 Å². The summed E-state index contributed by atoms with van der Waals surface area (Å²) in [5, 5.41) is 31.7. The van der Waals surface area contributed by atoms with Crippen molar-refractivity contribution < 1.29 is 27.6 Å². The number of aromatic nitrogens is 4. The molecule has 0 aliphatic carbocycles. The second kappa shape index (κ2) is 12.5. The molecule has 3 heterocycles. The molecule has 0 saturated carbocycles. The van der Waals surface area contributed by atoms with Gasteiger partial charge in [-0.3, -0.25) is 15.2 Å². The van der Waals surface area contributed by atoms with E-state index in [1.807, 2.05) is 17.9 Å². The van der Waals surface area contributed by atoms with E-state index < -0.39 is 32.0 Å². The zero-order valence-corrected chi connectivity index (χ0v) is 24.8. The number of ether oxygens (including phenoxy) is 1. The maximum Gasteiger partial charge on any atom is 0.305 e. The van der Waals surface area contributed by atoms with E-state index in [0.717, 1.165) is 11.8 Å². The minimum absolute atomic E-state index is 0.0674. The van der Waals surface area contributed by atoms with Gasteiger partial charge in [0, 0.05) is 41.4 Å². The van der Waals surface area contributed by atoms with Crippen LogP contribution in [0.1, 0.15) is 24.1 Å². The highest BCUT2D eigenvalue weighted by atomic mass is 32.2. The maximum absolute atomic E-state index is 14.5. The number of nitro benzene ring substituents is 1. The third kappa shape index (κ3) is 6.87. The van der Waals surface area contributed by atoms with E-state index in [0.29, 0.717) is 59.2 Å². The third-order valence-corrected chi connectivity index (χ3v) is 9.29. The van der Waals surface area contributed by atoms with Crippen molar-refractivity contribution in [3.63, 3.8) is 0 Å².